The van der Waals surface area contributed by atoms with E-state index in [1.54, 1.807) is 19.0 Å². The molecule has 0 aliphatic carbocycles. The minimum Gasteiger partial charge on any atom is -0.348 e. The Morgan fingerprint density at radius 1 is 1.15 bits per heavy atom. The van der Waals surface area contributed by atoms with E-state index in [1.165, 1.54) is 0 Å². The summed E-state index contributed by atoms with van der Waals surface area (Å²) in [7, 11) is 3.45. The topological polar surface area (TPSA) is 40.6 Å². The van der Waals surface area contributed by atoms with Crippen molar-refractivity contribution >= 4 is 11.7 Å². The summed E-state index contributed by atoms with van der Waals surface area (Å²) in [6, 6.07) is 7.25. The molecule has 0 aliphatic rings. The number of likely N-dealkylation sites (N-methyl/N-ethyl adjacent to an activating group) is 2. The number of amides is 1. The van der Waals surface area contributed by atoms with Crippen molar-refractivity contribution in [2.75, 3.05) is 27.2 Å². The lowest BCUT2D eigenvalue weighted by atomic mass is 10.0. The molecule has 0 fully saturated rings. The van der Waals surface area contributed by atoms with Gasteiger partial charge in [-0.3, -0.25) is 14.5 Å². The zero-order valence-corrected chi connectivity index (χ0v) is 13.0. The van der Waals surface area contributed by atoms with Crippen molar-refractivity contribution in [2.24, 2.45) is 0 Å². The normalized spacial score (nSPS) is 12.3. The average molecular weight is 276 g/mol. The van der Waals surface area contributed by atoms with Crippen LogP contribution >= 0.6 is 0 Å². The Balaban J connectivity index is 2.80. The Hall–Kier alpha value is -1.68. The van der Waals surface area contributed by atoms with E-state index >= 15 is 0 Å². The van der Waals surface area contributed by atoms with Crippen LogP contribution in [0.3, 0.4) is 0 Å². The summed E-state index contributed by atoms with van der Waals surface area (Å²) in [6.07, 6.45) is 0. The Bertz CT molecular complexity index is 466. The Morgan fingerprint density at radius 3 is 2.15 bits per heavy atom. The molecule has 1 aromatic carbocycles. The zero-order valence-electron chi connectivity index (χ0n) is 13.0. The third kappa shape index (κ3) is 4.17. The van der Waals surface area contributed by atoms with E-state index in [0.717, 1.165) is 5.56 Å². The van der Waals surface area contributed by atoms with Gasteiger partial charge in [0.25, 0.3) is 0 Å². The van der Waals surface area contributed by atoms with Gasteiger partial charge in [-0.05, 0) is 20.4 Å². The molecular formula is C16H24N2O2. The van der Waals surface area contributed by atoms with Gasteiger partial charge in [0, 0.05) is 19.7 Å². The van der Waals surface area contributed by atoms with Gasteiger partial charge in [-0.1, -0.05) is 36.8 Å². The SMILES string of the molecule is CCN(CC(=O)N(C)C)C(C)C(=O)c1ccc(C)cc1. The summed E-state index contributed by atoms with van der Waals surface area (Å²) in [5, 5.41) is 0. The second-order valence-corrected chi connectivity index (χ2v) is 5.26. The fraction of sp³-hybridized carbons (Fsp3) is 0.500. The van der Waals surface area contributed by atoms with Crippen LogP contribution in [0.5, 0.6) is 0 Å². The second-order valence-electron chi connectivity index (χ2n) is 5.26. The van der Waals surface area contributed by atoms with Crippen LogP contribution in [-0.2, 0) is 4.79 Å². The van der Waals surface area contributed by atoms with Crippen LogP contribution in [0, 0.1) is 6.92 Å². The first-order valence-corrected chi connectivity index (χ1v) is 6.91. The Morgan fingerprint density at radius 2 is 1.70 bits per heavy atom. The Kier molecular flexibility index (Phi) is 5.89. The minimum absolute atomic E-state index is 0.00964. The fourth-order valence-corrected chi connectivity index (χ4v) is 1.96. The predicted octanol–water partition coefficient (Wildman–Crippen LogP) is 1.98. The van der Waals surface area contributed by atoms with E-state index in [4.69, 9.17) is 0 Å². The summed E-state index contributed by atoms with van der Waals surface area (Å²) in [5.41, 5.74) is 1.82. The molecule has 1 rings (SSSR count). The number of benzene rings is 1. The molecule has 110 valence electrons. The highest BCUT2D eigenvalue weighted by molar-refractivity contribution is 6.00. The summed E-state index contributed by atoms with van der Waals surface area (Å²) in [5.74, 6) is 0.0637. The quantitative estimate of drug-likeness (QED) is 0.746. The number of rotatable bonds is 6. The van der Waals surface area contributed by atoms with Gasteiger partial charge in [0.2, 0.25) is 5.91 Å². The van der Waals surface area contributed by atoms with Crippen LogP contribution in [0.25, 0.3) is 0 Å². The molecule has 0 saturated heterocycles. The van der Waals surface area contributed by atoms with Gasteiger partial charge < -0.3 is 4.90 Å². The highest BCUT2D eigenvalue weighted by Crippen LogP contribution is 2.10. The van der Waals surface area contributed by atoms with E-state index in [2.05, 4.69) is 0 Å². The van der Waals surface area contributed by atoms with Crippen molar-refractivity contribution in [3.05, 3.63) is 35.4 Å². The molecule has 1 atom stereocenters. The summed E-state index contributed by atoms with van der Waals surface area (Å²) >= 11 is 0. The molecular weight excluding hydrogens is 252 g/mol. The van der Waals surface area contributed by atoms with Crippen molar-refractivity contribution < 1.29 is 9.59 Å². The summed E-state index contributed by atoms with van der Waals surface area (Å²) < 4.78 is 0. The number of aryl methyl sites for hydroxylation is 1. The molecule has 0 radical (unpaired) electrons. The molecule has 4 heteroatoms. The van der Waals surface area contributed by atoms with Crippen LogP contribution in [-0.4, -0.2) is 54.7 Å². The third-order valence-electron chi connectivity index (χ3n) is 3.51. The fourth-order valence-electron chi connectivity index (χ4n) is 1.96. The number of nitrogens with zero attached hydrogens (tertiary/aromatic N) is 2. The molecule has 0 heterocycles. The number of hydrogen-bond donors (Lipinski definition) is 0. The van der Waals surface area contributed by atoms with Crippen LogP contribution in [0.1, 0.15) is 29.8 Å². The molecule has 0 N–H and O–H groups in total. The molecule has 1 aromatic rings. The lowest BCUT2D eigenvalue weighted by Gasteiger charge is -2.27. The van der Waals surface area contributed by atoms with Crippen molar-refractivity contribution in [3.63, 3.8) is 0 Å². The smallest absolute Gasteiger partial charge is 0.236 e. The highest BCUT2D eigenvalue weighted by atomic mass is 16.2. The minimum atomic E-state index is -0.299. The average Bonchev–Trinajstić information content (AvgIpc) is 2.43. The van der Waals surface area contributed by atoms with Gasteiger partial charge in [-0.2, -0.15) is 0 Å². The molecule has 20 heavy (non-hydrogen) atoms. The number of ketones is 1. The lowest BCUT2D eigenvalue weighted by Crippen LogP contribution is -2.44. The second kappa shape index (κ2) is 7.20. The molecule has 0 bridgehead atoms. The van der Waals surface area contributed by atoms with Crippen LogP contribution in [0.15, 0.2) is 24.3 Å². The van der Waals surface area contributed by atoms with Crippen molar-refractivity contribution in [3.8, 4) is 0 Å². The van der Waals surface area contributed by atoms with Gasteiger partial charge >= 0.3 is 0 Å². The van der Waals surface area contributed by atoms with Gasteiger partial charge in [0.05, 0.1) is 12.6 Å². The first kappa shape index (κ1) is 16.4. The zero-order chi connectivity index (χ0) is 15.3. The number of Topliss-reactive ketones (excluding diaryl/α,β-unsaturated/α-hetero) is 1. The van der Waals surface area contributed by atoms with Gasteiger partial charge in [0.1, 0.15) is 0 Å². The van der Waals surface area contributed by atoms with Crippen molar-refractivity contribution in [2.45, 2.75) is 26.8 Å². The Labute approximate surface area is 121 Å². The van der Waals surface area contributed by atoms with Crippen LogP contribution < -0.4 is 0 Å². The maximum absolute atomic E-state index is 12.4. The van der Waals surface area contributed by atoms with Gasteiger partial charge in [0.15, 0.2) is 5.78 Å². The first-order valence-electron chi connectivity index (χ1n) is 6.91. The molecule has 4 nitrogen and oxygen atoms in total. The van der Waals surface area contributed by atoms with Gasteiger partial charge in [-0.25, -0.2) is 0 Å². The van der Waals surface area contributed by atoms with E-state index in [-0.39, 0.29) is 24.3 Å². The van der Waals surface area contributed by atoms with E-state index in [1.807, 2.05) is 49.9 Å². The van der Waals surface area contributed by atoms with Crippen molar-refractivity contribution in [1.29, 1.82) is 0 Å². The molecule has 0 spiro atoms. The lowest BCUT2D eigenvalue weighted by molar-refractivity contribution is -0.130. The number of hydrogen-bond acceptors (Lipinski definition) is 3. The third-order valence-corrected chi connectivity index (χ3v) is 3.51. The summed E-state index contributed by atoms with van der Waals surface area (Å²) in [4.78, 5) is 27.7. The number of carbonyl (C=O) groups excluding carboxylic acids is 2. The first-order chi connectivity index (χ1) is 9.36. The maximum atomic E-state index is 12.4. The highest BCUT2D eigenvalue weighted by Gasteiger charge is 2.23. The molecule has 0 aromatic heterocycles. The standard InChI is InChI=1S/C16H24N2O2/c1-6-18(11-15(19)17(4)5)13(3)16(20)14-9-7-12(2)8-10-14/h7-10,13H,6,11H2,1-5H3. The maximum Gasteiger partial charge on any atom is 0.236 e. The number of carbonyl (C=O) groups is 2. The van der Waals surface area contributed by atoms with E-state index < -0.39 is 0 Å². The van der Waals surface area contributed by atoms with E-state index in [9.17, 15) is 9.59 Å². The molecule has 0 saturated carbocycles. The van der Waals surface area contributed by atoms with Crippen molar-refractivity contribution in [1.82, 2.24) is 9.80 Å². The molecule has 1 unspecified atom stereocenters. The summed E-state index contributed by atoms with van der Waals surface area (Å²) in [6.45, 7) is 6.74. The molecule has 0 aliphatic heterocycles. The largest absolute Gasteiger partial charge is 0.348 e. The monoisotopic (exact) mass is 276 g/mol. The van der Waals surface area contributed by atoms with Crippen LogP contribution in [0.4, 0.5) is 0 Å². The van der Waals surface area contributed by atoms with Crippen LogP contribution in [0.2, 0.25) is 0 Å². The van der Waals surface area contributed by atoms with Gasteiger partial charge in [-0.15, -0.1) is 0 Å². The molecule has 1 amide bonds. The van der Waals surface area contributed by atoms with E-state index in [0.29, 0.717) is 12.1 Å². The predicted molar refractivity (Wildman–Crippen MR) is 80.9 cm³/mol.